The van der Waals surface area contributed by atoms with Crippen LogP contribution >= 0.6 is 0 Å². The van der Waals surface area contributed by atoms with Gasteiger partial charge < -0.3 is 4.74 Å². The second-order valence-corrected chi connectivity index (χ2v) is 4.96. The standard InChI is InChI=1S/C12H23NO2/c1-8(2)12(14)11-6-10(15-5)7-13(11)9(3)4/h8-11H,6-7H2,1-5H3/t10?,11-/m0/s1. The van der Waals surface area contributed by atoms with Gasteiger partial charge in [-0.15, -0.1) is 0 Å². The third-order valence-corrected chi connectivity index (χ3v) is 3.20. The highest BCUT2D eigenvalue weighted by atomic mass is 16.5. The van der Waals surface area contributed by atoms with Crippen LogP contribution in [0.5, 0.6) is 0 Å². The third kappa shape index (κ3) is 2.79. The molecule has 0 radical (unpaired) electrons. The smallest absolute Gasteiger partial charge is 0.152 e. The zero-order chi connectivity index (χ0) is 11.6. The fourth-order valence-corrected chi connectivity index (χ4v) is 2.23. The maximum absolute atomic E-state index is 12.0. The molecular formula is C12H23NO2. The second kappa shape index (κ2) is 5.08. The Hall–Kier alpha value is -0.410. The van der Waals surface area contributed by atoms with Crippen LogP contribution in [-0.4, -0.2) is 42.5 Å². The zero-order valence-corrected chi connectivity index (χ0v) is 10.5. The number of carbonyl (C=O) groups excluding carboxylic acids is 1. The average Bonchev–Trinajstić information content (AvgIpc) is 2.60. The van der Waals surface area contributed by atoms with Crippen LogP contribution in [0.4, 0.5) is 0 Å². The minimum Gasteiger partial charge on any atom is -0.380 e. The van der Waals surface area contributed by atoms with E-state index in [-0.39, 0.29) is 18.1 Å². The third-order valence-electron chi connectivity index (χ3n) is 3.20. The SMILES string of the molecule is COC1C[C@@H](C(=O)C(C)C)N(C(C)C)C1. The minimum absolute atomic E-state index is 0.0648. The van der Waals surface area contributed by atoms with Gasteiger partial charge in [-0.3, -0.25) is 9.69 Å². The summed E-state index contributed by atoms with van der Waals surface area (Å²) < 4.78 is 5.36. The van der Waals surface area contributed by atoms with Crippen molar-refractivity contribution in [2.24, 2.45) is 5.92 Å². The van der Waals surface area contributed by atoms with Crippen molar-refractivity contribution in [3.63, 3.8) is 0 Å². The molecule has 0 bridgehead atoms. The fraction of sp³-hybridized carbons (Fsp3) is 0.917. The highest BCUT2D eigenvalue weighted by molar-refractivity contribution is 5.86. The number of likely N-dealkylation sites (tertiary alicyclic amines) is 1. The Morgan fingerprint density at radius 3 is 2.33 bits per heavy atom. The fourth-order valence-electron chi connectivity index (χ4n) is 2.23. The summed E-state index contributed by atoms with van der Waals surface area (Å²) in [5.41, 5.74) is 0. The maximum atomic E-state index is 12.0. The predicted molar refractivity (Wildman–Crippen MR) is 60.9 cm³/mol. The number of rotatable bonds is 4. The van der Waals surface area contributed by atoms with Crippen molar-refractivity contribution in [2.75, 3.05) is 13.7 Å². The highest BCUT2D eigenvalue weighted by Gasteiger charge is 2.38. The molecule has 1 fully saturated rings. The van der Waals surface area contributed by atoms with Gasteiger partial charge >= 0.3 is 0 Å². The molecule has 0 aromatic heterocycles. The van der Waals surface area contributed by atoms with Crippen molar-refractivity contribution < 1.29 is 9.53 Å². The van der Waals surface area contributed by atoms with Gasteiger partial charge in [0.1, 0.15) is 0 Å². The Bertz CT molecular complexity index is 226. The number of carbonyl (C=O) groups is 1. The monoisotopic (exact) mass is 213 g/mol. The number of ketones is 1. The molecule has 0 saturated carbocycles. The summed E-state index contributed by atoms with van der Waals surface area (Å²) in [6.45, 7) is 9.11. The van der Waals surface area contributed by atoms with Crippen molar-refractivity contribution in [1.29, 1.82) is 0 Å². The van der Waals surface area contributed by atoms with Gasteiger partial charge in [0.15, 0.2) is 5.78 Å². The van der Waals surface area contributed by atoms with Crippen molar-refractivity contribution in [2.45, 2.75) is 52.3 Å². The Labute approximate surface area is 92.8 Å². The van der Waals surface area contributed by atoms with E-state index in [0.717, 1.165) is 13.0 Å². The minimum atomic E-state index is 0.0648. The molecule has 1 rings (SSSR count). The van der Waals surface area contributed by atoms with E-state index in [4.69, 9.17) is 4.74 Å². The number of methoxy groups -OCH3 is 1. The molecule has 1 unspecified atom stereocenters. The molecular weight excluding hydrogens is 190 g/mol. The average molecular weight is 213 g/mol. The largest absolute Gasteiger partial charge is 0.380 e. The summed E-state index contributed by atoms with van der Waals surface area (Å²) in [6.07, 6.45) is 1.08. The summed E-state index contributed by atoms with van der Waals surface area (Å²) in [7, 11) is 1.73. The molecule has 2 atom stereocenters. The van der Waals surface area contributed by atoms with Crippen LogP contribution in [0, 0.1) is 5.92 Å². The summed E-state index contributed by atoms with van der Waals surface area (Å²) >= 11 is 0. The van der Waals surface area contributed by atoms with Gasteiger partial charge in [-0.1, -0.05) is 13.8 Å². The molecule has 88 valence electrons. The first-order valence-electron chi connectivity index (χ1n) is 5.79. The van der Waals surface area contributed by atoms with Crippen molar-refractivity contribution >= 4 is 5.78 Å². The predicted octanol–water partition coefficient (Wildman–Crippen LogP) is 1.71. The number of ether oxygens (including phenoxy) is 1. The van der Waals surface area contributed by atoms with E-state index < -0.39 is 0 Å². The Morgan fingerprint density at radius 1 is 1.33 bits per heavy atom. The molecule has 1 aliphatic rings. The van der Waals surface area contributed by atoms with Crippen LogP contribution in [0.3, 0.4) is 0 Å². The topological polar surface area (TPSA) is 29.5 Å². The normalized spacial score (nSPS) is 27.9. The summed E-state index contributed by atoms with van der Waals surface area (Å²) in [6, 6.07) is 0.479. The van der Waals surface area contributed by atoms with E-state index in [1.165, 1.54) is 0 Å². The van der Waals surface area contributed by atoms with Gasteiger partial charge in [-0.05, 0) is 20.3 Å². The lowest BCUT2D eigenvalue weighted by Gasteiger charge is -2.27. The van der Waals surface area contributed by atoms with E-state index in [1.54, 1.807) is 7.11 Å². The first-order valence-corrected chi connectivity index (χ1v) is 5.79. The van der Waals surface area contributed by atoms with Crippen LogP contribution < -0.4 is 0 Å². The number of hydrogen-bond donors (Lipinski definition) is 0. The van der Waals surface area contributed by atoms with Crippen LogP contribution in [0.25, 0.3) is 0 Å². The van der Waals surface area contributed by atoms with Gasteiger partial charge in [0.2, 0.25) is 0 Å². The summed E-state index contributed by atoms with van der Waals surface area (Å²) in [5.74, 6) is 0.468. The Kier molecular flexibility index (Phi) is 4.29. The van der Waals surface area contributed by atoms with E-state index in [9.17, 15) is 4.79 Å². The lowest BCUT2D eigenvalue weighted by molar-refractivity contribution is -0.126. The summed E-state index contributed by atoms with van der Waals surface area (Å²) in [5, 5.41) is 0. The lowest BCUT2D eigenvalue weighted by Crippen LogP contribution is -2.42. The van der Waals surface area contributed by atoms with Crippen molar-refractivity contribution in [3.8, 4) is 0 Å². The van der Waals surface area contributed by atoms with Gasteiger partial charge in [-0.2, -0.15) is 0 Å². The molecule has 0 amide bonds. The number of Topliss-reactive ketones (excluding diaryl/α,β-unsaturated/α-hetero) is 1. The van der Waals surface area contributed by atoms with Crippen molar-refractivity contribution in [3.05, 3.63) is 0 Å². The number of hydrogen-bond acceptors (Lipinski definition) is 3. The van der Waals surface area contributed by atoms with Gasteiger partial charge in [0.05, 0.1) is 12.1 Å². The molecule has 1 heterocycles. The number of nitrogens with zero attached hydrogens (tertiary/aromatic N) is 1. The first-order chi connectivity index (χ1) is 6.97. The molecule has 0 aliphatic carbocycles. The van der Waals surface area contributed by atoms with Crippen LogP contribution in [0.1, 0.15) is 34.1 Å². The van der Waals surface area contributed by atoms with Crippen molar-refractivity contribution in [1.82, 2.24) is 4.90 Å². The Morgan fingerprint density at radius 2 is 1.93 bits per heavy atom. The van der Waals surface area contributed by atoms with Gasteiger partial charge in [0, 0.05) is 25.6 Å². The van der Waals surface area contributed by atoms with E-state index in [1.807, 2.05) is 13.8 Å². The molecule has 3 heteroatoms. The van der Waals surface area contributed by atoms with E-state index in [0.29, 0.717) is 11.8 Å². The summed E-state index contributed by atoms with van der Waals surface area (Å²) in [4.78, 5) is 14.3. The molecule has 3 nitrogen and oxygen atoms in total. The highest BCUT2D eigenvalue weighted by Crippen LogP contribution is 2.24. The molecule has 0 aromatic carbocycles. The van der Waals surface area contributed by atoms with Crippen LogP contribution in [0.2, 0.25) is 0 Å². The molecule has 0 N–H and O–H groups in total. The first kappa shape index (κ1) is 12.7. The van der Waals surface area contributed by atoms with Gasteiger partial charge in [-0.25, -0.2) is 0 Å². The van der Waals surface area contributed by atoms with Crippen LogP contribution in [0.15, 0.2) is 0 Å². The molecule has 1 aliphatic heterocycles. The molecule has 0 aromatic rings. The second-order valence-electron chi connectivity index (χ2n) is 4.96. The maximum Gasteiger partial charge on any atom is 0.152 e. The molecule has 15 heavy (non-hydrogen) atoms. The van der Waals surface area contributed by atoms with Crippen LogP contribution in [-0.2, 0) is 9.53 Å². The molecule has 0 spiro atoms. The van der Waals surface area contributed by atoms with E-state index >= 15 is 0 Å². The van der Waals surface area contributed by atoms with E-state index in [2.05, 4.69) is 18.7 Å². The Balaban J connectivity index is 2.72. The zero-order valence-electron chi connectivity index (χ0n) is 10.5. The van der Waals surface area contributed by atoms with Gasteiger partial charge in [0.25, 0.3) is 0 Å². The quantitative estimate of drug-likeness (QED) is 0.712. The lowest BCUT2D eigenvalue weighted by atomic mass is 9.99. The molecule has 1 saturated heterocycles.